The Hall–Kier alpha value is -2.68. The Morgan fingerprint density at radius 2 is 2.03 bits per heavy atom. The van der Waals surface area contributed by atoms with Crippen LogP contribution in [0.3, 0.4) is 0 Å². The lowest BCUT2D eigenvalue weighted by molar-refractivity contribution is 0.216. The molecular formula is C21H27N5O2S. The zero-order valence-electron chi connectivity index (χ0n) is 17.0. The molecule has 0 aliphatic heterocycles. The molecule has 0 saturated carbocycles. The van der Waals surface area contributed by atoms with Gasteiger partial charge in [-0.1, -0.05) is 42.5 Å². The number of urea groups is 1. The number of hydrogen-bond donors (Lipinski definition) is 2. The maximum Gasteiger partial charge on any atom is 0.352 e. The Bertz CT molecular complexity index is 948. The van der Waals surface area contributed by atoms with Gasteiger partial charge in [-0.25, -0.2) is 26.5 Å². The molecule has 7 nitrogen and oxygen atoms in total. The predicted octanol–water partition coefficient (Wildman–Crippen LogP) is 4.15. The van der Waals surface area contributed by atoms with Crippen LogP contribution >= 0.6 is 11.3 Å². The summed E-state index contributed by atoms with van der Waals surface area (Å²) in [5.74, 6) is 11.5. The van der Waals surface area contributed by atoms with Gasteiger partial charge in [0.1, 0.15) is 6.61 Å². The summed E-state index contributed by atoms with van der Waals surface area (Å²) >= 11 is 1.46. The van der Waals surface area contributed by atoms with Crippen LogP contribution in [0.4, 0.5) is 10.5 Å². The van der Waals surface area contributed by atoms with Crippen LogP contribution < -0.4 is 21.4 Å². The predicted molar refractivity (Wildman–Crippen MR) is 117 cm³/mol. The third-order valence-electron chi connectivity index (χ3n) is 4.88. The second-order valence-corrected chi connectivity index (χ2v) is 7.72. The molecular weight excluding hydrogens is 386 g/mol. The highest BCUT2D eigenvalue weighted by molar-refractivity contribution is 7.11. The molecule has 3 rings (SSSR count). The summed E-state index contributed by atoms with van der Waals surface area (Å²) in [6, 6.07) is 5.04. The minimum absolute atomic E-state index is 0.250. The van der Waals surface area contributed by atoms with Crippen LogP contribution in [-0.2, 0) is 6.61 Å². The fourth-order valence-electron chi connectivity index (χ4n) is 3.28. The quantitative estimate of drug-likeness (QED) is 0.421. The highest BCUT2D eigenvalue weighted by Gasteiger charge is 2.20. The number of carbonyl (C=O) groups excluding carboxylic acids is 1. The zero-order valence-corrected chi connectivity index (χ0v) is 17.8. The van der Waals surface area contributed by atoms with E-state index in [4.69, 9.17) is 16.4 Å². The van der Waals surface area contributed by atoms with Crippen LogP contribution in [0.1, 0.15) is 43.0 Å². The second-order valence-electron chi connectivity index (χ2n) is 6.90. The number of thiazole rings is 1. The standard InChI is InChI=1S/C21H27N5O2S/c1-4-15-9-5-6-10-16(15)18-13-29-20(24-18)28-12-17-14(2)8-7-11-19(17)26(23)21(27)25(3)22/h7-11,13H,4-6,12,22-23H2,1-3H3. The van der Waals surface area contributed by atoms with Crippen molar-refractivity contribution in [3.63, 3.8) is 0 Å². The number of carbonyl (C=O) groups is 1. The number of amides is 2. The SMILES string of the molecule is CCC1=CCCC=C1c1csc(OCc2c(C)cccc2N(N)C(=O)N(C)N)n1. The van der Waals surface area contributed by atoms with Crippen LogP contribution in [0.15, 0.2) is 41.3 Å². The van der Waals surface area contributed by atoms with Crippen molar-refractivity contribution in [2.24, 2.45) is 11.7 Å². The summed E-state index contributed by atoms with van der Waals surface area (Å²) in [6.45, 7) is 4.36. The van der Waals surface area contributed by atoms with E-state index < -0.39 is 6.03 Å². The summed E-state index contributed by atoms with van der Waals surface area (Å²) in [5.41, 5.74) is 5.81. The lowest BCUT2D eigenvalue weighted by Gasteiger charge is -2.24. The lowest BCUT2D eigenvalue weighted by Crippen LogP contribution is -2.49. The molecule has 0 bridgehead atoms. The van der Waals surface area contributed by atoms with E-state index in [-0.39, 0.29) is 6.61 Å². The summed E-state index contributed by atoms with van der Waals surface area (Å²) in [4.78, 5) is 16.8. The number of hydrazine groups is 2. The molecule has 1 aliphatic carbocycles. The van der Waals surface area contributed by atoms with Crippen molar-refractivity contribution >= 4 is 28.6 Å². The molecule has 2 aromatic rings. The normalized spacial score (nSPS) is 13.6. The third kappa shape index (κ3) is 4.67. The van der Waals surface area contributed by atoms with Gasteiger partial charge in [-0.15, -0.1) is 0 Å². The number of anilines is 1. The smallest absolute Gasteiger partial charge is 0.352 e. The van der Waals surface area contributed by atoms with Gasteiger partial charge in [0.2, 0.25) is 0 Å². The first kappa shape index (κ1) is 21.0. The van der Waals surface area contributed by atoms with Crippen LogP contribution in [0.2, 0.25) is 0 Å². The van der Waals surface area contributed by atoms with Gasteiger partial charge in [0.15, 0.2) is 0 Å². The van der Waals surface area contributed by atoms with Gasteiger partial charge in [-0.2, -0.15) is 0 Å². The Morgan fingerprint density at radius 1 is 1.28 bits per heavy atom. The first-order valence-electron chi connectivity index (χ1n) is 9.56. The van der Waals surface area contributed by atoms with Crippen LogP contribution in [-0.4, -0.2) is 23.1 Å². The molecule has 0 radical (unpaired) electrons. The van der Waals surface area contributed by atoms with Gasteiger partial charge in [-0.3, -0.25) is 5.01 Å². The van der Waals surface area contributed by atoms with Crippen LogP contribution in [0.25, 0.3) is 5.57 Å². The first-order chi connectivity index (χ1) is 13.9. The van der Waals surface area contributed by atoms with E-state index in [1.165, 1.54) is 29.5 Å². The molecule has 1 heterocycles. The van der Waals surface area contributed by atoms with E-state index in [1.807, 2.05) is 24.4 Å². The van der Waals surface area contributed by atoms with E-state index >= 15 is 0 Å². The molecule has 8 heteroatoms. The number of aryl methyl sites for hydroxylation is 1. The Kier molecular flexibility index (Phi) is 6.68. The molecule has 1 aromatic carbocycles. The van der Waals surface area contributed by atoms with Crippen molar-refractivity contribution in [1.29, 1.82) is 0 Å². The molecule has 1 aliphatic rings. The molecule has 0 saturated heterocycles. The second kappa shape index (κ2) is 9.21. The monoisotopic (exact) mass is 413 g/mol. The lowest BCUT2D eigenvalue weighted by atomic mass is 9.94. The van der Waals surface area contributed by atoms with Crippen LogP contribution in [0, 0.1) is 6.92 Å². The number of allylic oxidation sites excluding steroid dienone is 4. The summed E-state index contributed by atoms with van der Waals surface area (Å²) < 4.78 is 5.97. The average Bonchev–Trinajstić information content (AvgIpc) is 3.20. The largest absolute Gasteiger partial charge is 0.465 e. The van der Waals surface area contributed by atoms with Gasteiger partial charge in [0.25, 0.3) is 5.19 Å². The van der Waals surface area contributed by atoms with Crippen molar-refractivity contribution in [3.8, 4) is 5.19 Å². The van der Waals surface area contributed by atoms with Crippen molar-refractivity contribution in [2.45, 2.75) is 39.7 Å². The van der Waals surface area contributed by atoms with Gasteiger partial charge >= 0.3 is 6.03 Å². The molecule has 29 heavy (non-hydrogen) atoms. The Balaban J connectivity index is 1.78. The number of nitrogens with zero attached hydrogens (tertiary/aromatic N) is 3. The molecule has 2 amide bonds. The number of rotatable bonds is 6. The molecule has 4 N–H and O–H groups in total. The van der Waals surface area contributed by atoms with E-state index in [2.05, 4.69) is 24.1 Å². The molecule has 0 unspecified atom stereocenters. The van der Waals surface area contributed by atoms with Gasteiger partial charge in [0, 0.05) is 23.6 Å². The molecule has 0 spiro atoms. The van der Waals surface area contributed by atoms with Crippen molar-refractivity contribution in [2.75, 3.05) is 12.1 Å². The molecule has 0 fully saturated rings. The summed E-state index contributed by atoms with van der Waals surface area (Å²) in [7, 11) is 1.45. The van der Waals surface area contributed by atoms with E-state index in [0.717, 1.165) is 46.1 Å². The number of ether oxygens (including phenoxy) is 1. The maximum atomic E-state index is 12.2. The highest BCUT2D eigenvalue weighted by atomic mass is 32.1. The fraction of sp³-hybridized carbons (Fsp3) is 0.333. The number of benzene rings is 1. The van der Waals surface area contributed by atoms with Gasteiger partial charge in [-0.05, 0) is 43.4 Å². The van der Waals surface area contributed by atoms with Crippen molar-refractivity contribution in [3.05, 3.63) is 58.1 Å². The fourth-order valence-corrected chi connectivity index (χ4v) is 3.95. The van der Waals surface area contributed by atoms with Crippen LogP contribution in [0.5, 0.6) is 5.19 Å². The molecule has 1 aromatic heterocycles. The Labute approximate surface area is 175 Å². The van der Waals surface area contributed by atoms with Gasteiger partial charge in [0.05, 0.1) is 11.4 Å². The number of nitrogens with two attached hydrogens (primary N) is 2. The number of aromatic nitrogens is 1. The minimum atomic E-state index is -0.517. The van der Waals surface area contributed by atoms with Crippen molar-refractivity contribution in [1.82, 2.24) is 9.99 Å². The zero-order chi connectivity index (χ0) is 21.0. The first-order valence-corrected chi connectivity index (χ1v) is 10.4. The molecule has 154 valence electrons. The molecule has 0 atom stereocenters. The topological polar surface area (TPSA) is 97.7 Å². The van der Waals surface area contributed by atoms with E-state index in [0.29, 0.717) is 10.9 Å². The third-order valence-corrected chi connectivity index (χ3v) is 5.64. The van der Waals surface area contributed by atoms with Gasteiger partial charge < -0.3 is 4.74 Å². The minimum Gasteiger partial charge on any atom is -0.465 e. The van der Waals surface area contributed by atoms with Crippen molar-refractivity contribution < 1.29 is 9.53 Å². The maximum absolute atomic E-state index is 12.2. The summed E-state index contributed by atoms with van der Waals surface area (Å²) in [6.07, 6.45) is 7.65. The highest BCUT2D eigenvalue weighted by Crippen LogP contribution is 2.33. The Morgan fingerprint density at radius 3 is 2.76 bits per heavy atom. The average molecular weight is 414 g/mol. The summed E-state index contributed by atoms with van der Waals surface area (Å²) in [5, 5.41) is 4.58. The number of hydrogen-bond acceptors (Lipinski definition) is 6. The van der Waals surface area contributed by atoms with E-state index in [1.54, 1.807) is 6.07 Å². The van der Waals surface area contributed by atoms with E-state index in [9.17, 15) is 4.79 Å².